The van der Waals surface area contributed by atoms with Gasteiger partial charge in [-0.3, -0.25) is 0 Å². The minimum Gasteiger partial charge on any atom is -0.385 e. The molecule has 1 aliphatic rings. The number of rotatable bonds is 4. The summed E-state index contributed by atoms with van der Waals surface area (Å²) in [5, 5.41) is 11.5. The molecule has 0 radical (unpaired) electrons. The van der Waals surface area contributed by atoms with Crippen molar-refractivity contribution in [3.05, 3.63) is 42.0 Å². The molecule has 0 spiro atoms. The Bertz CT molecular complexity index is 681. The molecular formula is C19H22N2O. The van der Waals surface area contributed by atoms with Crippen LogP contribution in [-0.2, 0) is 4.74 Å². The number of hydrogen-bond donors (Lipinski definition) is 0. The van der Waals surface area contributed by atoms with Gasteiger partial charge in [-0.2, -0.15) is 5.26 Å². The quantitative estimate of drug-likeness (QED) is 0.856. The molecule has 1 saturated heterocycles. The zero-order chi connectivity index (χ0) is 15.4. The molecule has 1 heterocycles. The monoisotopic (exact) mass is 294 g/mol. The van der Waals surface area contributed by atoms with Gasteiger partial charge >= 0.3 is 0 Å². The van der Waals surface area contributed by atoms with Crippen LogP contribution in [0.5, 0.6) is 0 Å². The second-order valence-electron chi connectivity index (χ2n) is 6.00. The van der Waals surface area contributed by atoms with E-state index in [0.29, 0.717) is 0 Å². The van der Waals surface area contributed by atoms with Gasteiger partial charge in [0.05, 0.1) is 11.6 Å². The molecule has 114 valence electrons. The van der Waals surface area contributed by atoms with E-state index < -0.39 is 0 Å². The summed E-state index contributed by atoms with van der Waals surface area (Å²) < 4.78 is 5.20. The maximum absolute atomic E-state index is 9.28. The highest BCUT2D eigenvalue weighted by molar-refractivity contribution is 5.97. The molecule has 0 amide bonds. The Balaban J connectivity index is 1.82. The van der Waals surface area contributed by atoms with E-state index in [1.54, 1.807) is 7.11 Å². The molecule has 0 unspecified atom stereocenters. The second-order valence-corrected chi connectivity index (χ2v) is 6.00. The zero-order valence-electron chi connectivity index (χ0n) is 13.1. The van der Waals surface area contributed by atoms with Gasteiger partial charge < -0.3 is 9.64 Å². The van der Waals surface area contributed by atoms with Crippen molar-refractivity contribution in [3.63, 3.8) is 0 Å². The summed E-state index contributed by atoms with van der Waals surface area (Å²) in [6, 6.07) is 14.6. The lowest BCUT2D eigenvalue weighted by atomic mass is 9.93. The van der Waals surface area contributed by atoms with Gasteiger partial charge in [0, 0.05) is 43.3 Å². The van der Waals surface area contributed by atoms with Crippen LogP contribution in [0.1, 0.15) is 24.8 Å². The predicted molar refractivity (Wildman–Crippen MR) is 90.1 cm³/mol. The first kappa shape index (κ1) is 14.9. The van der Waals surface area contributed by atoms with Crippen molar-refractivity contribution in [2.24, 2.45) is 5.92 Å². The van der Waals surface area contributed by atoms with Crippen LogP contribution < -0.4 is 4.90 Å². The number of methoxy groups -OCH3 is 1. The Morgan fingerprint density at radius 1 is 1.14 bits per heavy atom. The molecule has 3 rings (SSSR count). The lowest BCUT2D eigenvalue weighted by Gasteiger charge is -2.34. The third-order valence-corrected chi connectivity index (χ3v) is 4.71. The van der Waals surface area contributed by atoms with Gasteiger partial charge in [0.1, 0.15) is 0 Å². The minimum absolute atomic E-state index is 0.759. The van der Waals surface area contributed by atoms with Crippen molar-refractivity contribution in [1.82, 2.24) is 0 Å². The van der Waals surface area contributed by atoms with Crippen LogP contribution in [0.2, 0.25) is 0 Å². The molecule has 0 saturated carbocycles. The Morgan fingerprint density at radius 3 is 2.55 bits per heavy atom. The standard InChI is InChI=1S/C19H22N2O/c1-22-13-10-15-8-11-21(12-9-15)19-7-6-16(14-20)17-4-2-3-5-18(17)19/h2-7,15H,8-13H2,1H3. The molecule has 1 fully saturated rings. The fourth-order valence-electron chi connectivity index (χ4n) is 3.40. The van der Waals surface area contributed by atoms with E-state index in [1.165, 1.54) is 30.3 Å². The van der Waals surface area contributed by atoms with Gasteiger partial charge in [-0.05, 0) is 37.3 Å². The highest BCUT2D eigenvalue weighted by Crippen LogP contribution is 2.32. The minimum atomic E-state index is 0.759. The van der Waals surface area contributed by atoms with Crippen molar-refractivity contribution < 1.29 is 4.74 Å². The summed E-state index contributed by atoms with van der Waals surface area (Å²) in [5.74, 6) is 0.779. The van der Waals surface area contributed by atoms with Crippen LogP contribution in [0.3, 0.4) is 0 Å². The molecule has 0 aliphatic carbocycles. The lowest BCUT2D eigenvalue weighted by Crippen LogP contribution is -2.34. The van der Waals surface area contributed by atoms with E-state index in [9.17, 15) is 5.26 Å². The Hall–Kier alpha value is -2.05. The molecule has 3 nitrogen and oxygen atoms in total. The van der Waals surface area contributed by atoms with E-state index in [1.807, 2.05) is 18.2 Å². The molecule has 2 aromatic rings. The molecular weight excluding hydrogens is 272 g/mol. The van der Waals surface area contributed by atoms with Gasteiger partial charge in [0.2, 0.25) is 0 Å². The maximum Gasteiger partial charge on any atom is 0.0998 e. The number of hydrogen-bond acceptors (Lipinski definition) is 3. The van der Waals surface area contributed by atoms with E-state index in [-0.39, 0.29) is 0 Å². The summed E-state index contributed by atoms with van der Waals surface area (Å²) in [4.78, 5) is 2.47. The topological polar surface area (TPSA) is 36.3 Å². The lowest BCUT2D eigenvalue weighted by molar-refractivity contribution is 0.170. The van der Waals surface area contributed by atoms with E-state index in [2.05, 4.69) is 29.2 Å². The van der Waals surface area contributed by atoms with E-state index in [4.69, 9.17) is 4.74 Å². The number of anilines is 1. The number of piperidine rings is 1. The van der Waals surface area contributed by atoms with Crippen LogP contribution >= 0.6 is 0 Å². The van der Waals surface area contributed by atoms with Gasteiger partial charge in [-0.25, -0.2) is 0 Å². The number of fused-ring (bicyclic) bond motifs is 1. The first-order valence-corrected chi connectivity index (χ1v) is 7.99. The fourth-order valence-corrected chi connectivity index (χ4v) is 3.40. The second kappa shape index (κ2) is 6.81. The van der Waals surface area contributed by atoms with Gasteiger partial charge in [0.15, 0.2) is 0 Å². The summed E-state index contributed by atoms with van der Waals surface area (Å²) in [7, 11) is 1.78. The summed E-state index contributed by atoms with van der Waals surface area (Å²) in [5.41, 5.74) is 2.02. The first-order chi connectivity index (χ1) is 10.8. The maximum atomic E-state index is 9.28. The molecule has 1 aliphatic heterocycles. The molecule has 0 bridgehead atoms. The molecule has 0 atom stereocenters. The van der Waals surface area contributed by atoms with E-state index >= 15 is 0 Å². The number of nitrogens with zero attached hydrogens (tertiary/aromatic N) is 2. The van der Waals surface area contributed by atoms with E-state index in [0.717, 1.165) is 36.6 Å². The van der Waals surface area contributed by atoms with Crippen LogP contribution in [0.15, 0.2) is 36.4 Å². The number of benzene rings is 2. The molecule has 3 heteroatoms. The largest absolute Gasteiger partial charge is 0.385 e. The number of nitriles is 1. The normalized spacial score (nSPS) is 15.9. The van der Waals surface area contributed by atoms with Crippen LogP contribution in [0, 0.1) is 17.2 Å². The van der Waals surface area contributed by atoms with Crippen LogP contribution in [-0.4, -0.2) is 26.8 Å². The summed E-state index contributed by atoms with van der Waals surface area (Å²) >= 11 is 0. The van der Waals surface area contributed by atoms with Gasteiger partial charge in [-0.15, -0.1) is 0 Å². The Labute approximate surface area is 132 Å². The zero-order valence-corrected chi connectivity index (χ0v) is 13.1. The average molecular weight is 294 g/mol. The highest BCUT2D eigenvalue weighted by Gasteiger charge is 2.20. The first-order valence-electron chi connectivity index (χ1n) is 7.99. The number of ether oxygens (including phenoxy) is 1. The Kier molecular flexibility index (Phi) is 4.60. The summed E-state index contributed by atoms with van der Waals surface area (Å²) in [6.07, 6.45) is 3.60. The SMILES string of the molecule is COCCC1CCN(c2ccc(C#N)c3ccccc23)CC1. The van der Waals surface area contributed by atoms with Crippen LogP contribution in [0.25, 0.3) is 10.8 Å². The third-order valence-electron chi connectivity index (χ3n) is 4.71. The van der Waals surface area contributed by atoms with Crippen molar-refractivity contribution in [2.45, 2.75) is 19.3 Å². The molecule has 0 N–H and O–H groups in total. The van der Waals surface area contributed by atoms with Gasteiger partial charge in [-0.1, -0.05) is 24.3 Å². The fraction of sp³-hybridized carbons (Fsp3) is 0.421. The predicted octanol–water partition coefficient (Wildman–Crippen LogP) is 3.96. The van der Waals surface area contributed by atoms with Crippen molar-refractivity contribution in [1.29, 1.82) is 5.26 Å². The molecule has 22 heavy (non-hydrogen) atoms. The summed E-state index contributed by atoms with van der Waals surface area (Å²) in [6.45, 7) is 3.04. The van der Waals surface area contributed by atoms with Crippen molar-refractivity contribution in [2.75, 3.05) is 31.7 Å². The molecule has 2 aromatic carbocycles. The third kappa shape index (κ3) is 2.93. The molecule has 0 aromatic heterocycles. The average Bonchev–Trinajstić information content (AvgIpc) is 2.59. The van der Waals surface area contributed by atoms with Crippen molar-refractivity contribution >= 4 is 16.5 Å². The highest BCUT2D eigenvalue weighted by atomic mass is 16.5. The smallest absolute Gasteiger partial charge is 0.0998 e. The van der Waals surface area contributed by atoms with Crippen molar-refractivity contribution in [3.8, 4) is 6.07 Å². The Morgan fingerprint density at radius 2 is 1.86 bits per heavy atom. The van der Waals surface area contributed by atoms with Gasteiger partial charge in [0.25, 0.3) is 0 Å². The van der Waals surface area contributed by atoms with Crippen LogP contribution in [0.4, 0.5) is 5.69 Å².